The van der Waals surface area contributed by atoms with Crippen LogP contribution in [-0.4, -0.2) is 12.9 Å². The first-order valence-electron chi connectivity index (χ1n) is 6.16. The largest absolute Gasteiger partial charge is 0.495 e. The third kappa shape index (κ3) is 2.28. The van der Waals surface area contributed by atoms with Crippen molar-refractivity contribution in [2.75, 3.05) is 7.11 Å². The summed E-state index contributed by atoms with van der Waals surface area (Å²) in [5.74, 6) is 0.349. The summed E-state index contributed by atoms with van der Waals surface area (Å²) in [6, 6.07) is 10.6. The van der Waals surface area contributed by atoms with Crippen molar-refractivity contribution in [1.82, 2.24) is 0 Å². The van der Waals surface area contributed by atoms with E-state index < -0.39 is 0 Å². The first-order valence-corrected chi connectivity index (χ1v) is 6.92. The average Bonchev–Trinajstić information content (AvgIpc) is 2.93. The number of rotatable bonds is 3. The monoisotopic (exact) mass is 320 g/mol. The van der Waals surface area contributed by atoms with Crippen molar-refractivity contribution in [2.24, 2.45) is 0 Å². The van der Waals surface area contributed by atoms with Crippen molar-refractivity contribution in [3.63, 3.8) is 0 Å². The highest BCUT2D eigenvalue weighted by Crippen LogP contribution is 2.36. The van der Waals surface area contributed by atoms with Crippen LogP contribution in [0.25, 0.3) is 10.8 Å². The van der Waals surface area contributed by atoms with E-state index in [9.17, 15) is 4.79 Å². The van der Waals surface area contributed by atoms with Crippen LogP contribution in [0.2, 0.25) is 10.0 Å². The molecule has 0 bridgehead atoms. The predicted octanol–water partition coefficient (Wildman–Crippen LogP) is 4.98. The molecule has 3 aromatic rings. The minimum Gasteiger partial charge on any atom is -0.495 e. The number of carbonyl (C=O) groups excluding carboxylic acids is 1. The second-order valence-corrected chi connectivity index (χ2v) is 5.18. The maximum atomic E-state index is 12.6. The van der Waals surface area contributed by atoms with Crippen LogP contribution in [0.3, 0.4) is 0 Å². The molecule has 0 radical (unpaired) electrons. The first kappa shape index (κ1) is 14.0. The topological polar surface area (TPSA) is 39.4 Å². The van der Waals surface area contributed by atoms with Crippen molar-refractivity contribution in [1.29, 1.82) is 0 Å². The van der Waals surface area contributed by atoms with Gasteiger partial charge in [0.05, 0.1) is 18.4 Å². The minimum absolute atomic E-state index is 0.154. The molecule has 0 spiro atoms. The number of fused-ring (bicyclic) bond motifs is 1. The van der Waals surface area contributed by atoms with Crippen molar-refractivity contribution >= 4 is 39.8 Å². The second kappa shape index (κ2) is 5.43. The van der Waals surface area contributed by atoms with Crippen LogP contribution in [0.5, 0.6) is 5.75 Å². The molecule has 0 atom stereocenters. The molecular weight excluding hydrogens is 311 g/mol. The summed E-state index contributed by atoms with van der Waals surface area (Å²) in [5.41, 5.74) is 0.280. The van der Waals surface area contributed by atoms with Gasteiger partial charge in [-0.1, -0.05) is 47.5 Å². The molecule has 0 saturated heterocycles. The van der Waals surface area contributed by atoms with E-state index in [0.717, 1.165) is 10.8 Å². The molecular formula is C16H10Cl2O3. The fourth-order valence-electron chi connectivity index (χ4n) is 2.16. The van der Waals surface area contributed by atoms with Crippen LogP contribution in [0.1, 0.15) is 16.1 Å². The molecule has 0 saturated carbocycles. The summed E-state index contributed by atoms with van der Waals surface area (Å²) in [5, 5.41) is 1.96. The molecule has 3 rings (SSSR count). The highest BCUT2D eigenvalue weighted by Gasteiger charge is 2.21. The highest BCUT2D eigenvalue weighted by molar-refractivity contribution is 6.45. The quantitative estimate of drug-likeness (QED) is 0.639. The smallest absolute Gasteiger partial charge is 0.230 e. The van der Waals surface area contributed by atoms with Gasteiger partial charge >= 0.3 is 0 Å². The zero-order valence-electron chi connectivity index (χ0n) is 11.0. The van der Waals surface area contributed by atoms with Gasteiger partial charge in [0.1, 0.15) is 10.8 Å². The number of hydrogen-bond acceptors (Lipinski definition) is 3. The van der Waals surface area contributed by atoms with E-state index in [2.05, 4.69) is 0 Å². The Labute approximate surface area is 131 Å². The van der Waals surface area contributed by atoms with Gasteiger partial charge in [-0.25, -0.2) is 0 Å². The van der Waals surface area contributed by atoms with Crippen molar-refractivity contribution in [3.05, 3.63) is 64.0 Å². The van der Waals surface area contributed by atoms with Crippen LogP contribution in [0, 0.1) is 0 Å². The van der Waals surface area contributed by atoms with Gasteiger partial charge in [0.25, 0.3) is 0 Å². The molecule has 0 aliphatic rings. The lowest BCUT2D eigenvalue weighted by Crippen LogP contribution is -2.02. The fraction of sp³-hybridized carbons (Fsp3) is 0.0625. The van der Waals surface area contributed by atoms with Gasteiger partial charge in [-0.05, 0) is 12.1 Å². The number of carbonyl (C=O) groups is 1. The molecule has 21 heavy (non-hydrogen) atoms. The van der Waals surface area contributed by atoms with Gasteiger partial charge in [-0.15, -0.1) is 0 Å². The van der Waals surface area contributed by atoms with E-state index in [1.807, 2.05) is 24.3 Å². The zero-order chi connectivity index (χ0) is 15.0. The minimum atomic E-state index is -0.314. The molecule has 1 aromatic heterocycles. The third-order valence-corrected chi connectivity index (χ3v) is 4.09. The zero-order valence-corrected chi connectivity index (χ0v) is 12.5. The van der Waals surface area contributed by atoms with Crippen molar-refractivity contribution in [2.45, 2.75) is 0 Å². The number of halogens is 2. The number of hydrogen-bond donors (Lipinski definition) is 0. The number of furan rings is 1. The van der Waals surface area contributed by atoms with Gasteiger partial charge in [0.2, 0.25) is 5.78 Å². The molecule has 0 amide bonds. The summed E-state index contributed by atoms with van der Waals surface area (Å²) in [6.45, 7) is 0. The van der Waals surface area contributed by atoms with Crippen LogP contribution < -0.4 is 4.74 Å². The summed E-state index contributed by atoms with van der Waals surface area (Å²) in [7, 11) is 1.49. The van der Waals surface area contributed by atoms with E-state index in [4.69, 9.17) is 32.4 Å². The summed E-state index contributed by atoms with van der Waals surface area (Å²) < 4.78 is 10.5. The number of methoxy groups -OCH3 is 1. The summed E-state index contributed by atoms with van der Waals surface area (Å²) in [6.07, 6.45) is 1.54. The van der Waals surface area contributed by atoms with E-state index in [-0.39, 0.29) is 27.2 Å². The lowest BCUT2D eigenvalue weighted by Gasteiger charge is -2.08. The fourth-order valence-corrected chi connectivity index (χ4v) is 2.64. The molecule has 106 valence electrons. The van der Waals surface area contributed by atoms with E-state index in [1.54, 1.807) is 18.4 Å². The highest BCUT2D eigenvalue weighted by atomic mass is 35.5. The predicted molar refractivity (Wildman–Crippen MR) is 82.7 cm³/mol. The first-order chi connectivity index (χ1) is 10.1. The Morgan fingerprint density at radius 2 is 1.86 bits per heavy atom. The van der Waals surface area contributed by atoms with Crippen LogP contribution >= 0.6 is 23.2 Å². The van der Waals surface area contributed by atoms with Crippen molar-refractivity contribution in [3.8, 4) is 5.75 Å². The Morgan fingerprint density at radius 1 is 1.10 bits per heavy atom. The van der Waals surface area contributed by atoms with Gasteiger partial charge in [-0.3, -0.25) is 4.79 Å². The Hall–Kier alpha value is -1.97. The Morgan fingerprint density at radius 3 is 2.62 bits per heavy atom. The van der Waals surface area contributed by atoms with E-state index in [1.165, 1.54) is 7.11 Å². The molecule has 0 N–H and O–H groups in total. The van der Waals surface area contributed by atoms with Crippen LogP contribution in [-0.2, 0) is 0 Å². The van der Waals surface area contributed by atoms with Crippen molar-refractivity contribution < 1.29 is 13.9 Å². The van der Waals surface area contributed by atoms with E-state index in [0.29, 0.717) is 5.75 Å². The standard InChI is InChI=1S/C16H10Cl2O3/c1-20-12-7-6-11(13(17)14(12)18)15(19)16-10-5-3-2-4-9(10)8-21-16/h2-8H,1H3. The molecule has 0 aliphatic carbocycles. The van der Waals surface area contributed by atoms with E-state index >= 15 is 0 Å². The molecule has 0 unspecified atom stereocenters. The SMILES string of the molecule is COc1ccc(C(=O)c2occ3ccccc23)c(Cl)c1Cl. The molecule has 3 nitrogen and oxygen atoms in total. The maximum absolute atomic E-state index is 12.6. The molecule has 1 heterocycles. The Kier molecular flexibility index (Phi) is 3.62. The summed E-state index contributed by atoms with van der Waals surface area (Å²) >= 11 is 12.2. The number of benzene rings is 2. The maximum Gasteiger partial charge on any atom is 0.230 e. The van der Waals surface area contributed by atoms with Gasteiger partial charge in [0, 0.05) is 16.3 Å². The third-order valence-electron chi connectivity index (χ3n) is 3.23. The molecule has 5 heteroatoms. The van der Waals surface area contributed by atoms with Gasteiger partial charge < -0.3 is 9.15 Å². The van der Waals surface area contributed by atoms with Gasteiger partial charge in [0.15, 0.2) is 5.76 Å². The molecule has 2 aromatic carbocycles. The summed E-state index contributed by atoms with van der Waals surface area (Å²) in [4.78, 5) is 12.6. The lowest BCUT2D eigenvalue weighted by molar-refractivity contribution is 0.101. The lowest BCUT2D eigenvalue weighted by atomic mass is 10.1. The Bertz CT molecular complexity index is 837. The number of ketones is 1. The average molecular weight is 321 g/mol. The molecule has 0 fully saturated rings. The number of ether oxygens (including phenoxy) is 1. The van der Waals surface area contributed by atoms with Crippen LogP contribution in [0.4, 0.5) is 0 Å². The van der Waals surface area contributed by atoms with Crippen LogP contribution in [0.15, 0.2) is 47.1 Å². The molecule has 0 aliphatic heterocycles. The Balaban J connectivity index is 2.13. The normalized spacial score (nSPS) is 10.8. The second-order valence-electron chi connectivity index (χ2n) is 4.42. The van der Waals surface area contributed by atoms with Gasteiger partial charge in [-0.2, -0.15) is 0 Å².